The molecule has 1 amide bonds. The Kier molecular flexibility index (Phi) is 7.01. The lowest BCUT2D eigenvalue weighted by molar-refractivity contribution is -0.119. The van der Waals surface area contributed by atoms with E-state index < -0.39 is 11.9 Å². The predicted octanol–water partition coefficient (Wildman–Crippen LogP) is 4.34. The molecule has 0 aliphatic heterocycles. The number of amides is 1. The summed E-state index contributed by atoms with van der Waals surface area (Å²) < 4.78 is 11.3. The average Bonchev–Trinajstić information content (AvgIpc) is 2.60. The number of carbonyl (C=O) groups is 2. The van der Waals surface area contributed by atoms with Crippen molar-refractivity contribution in [2.24, 2.45) is 0 Å². The first-order valence-electron chi connectivity index (χ1n) is 7.95. The maximum atomic E-state index is 12.0. The molecular formula is C19H20BrNO4. The molecule has 5 nitrogen and oxygen atoms in total. The summed E-state index contributed by atoms with van der Waals surface area (Å²) in [6.07, 6.45) is 0.913. The fraction of sp³-hybridized carbons (Fsp3) is 0.263. The zero-order valence-corrected chi connectivity index (χ0v) is 15.8. The summed E-state index contributed by atoms with van der Waals surface area (Å²) in [5, 5.41) is 2.69. The lowest BCUT2D eigenvalue weighted by Crippen LogP contribution is -2.21. The third-order valence-electron chi connectivity index (χ3n) is 3.30. The second kappa shape index (κ2) is 9.22. The van der Waals surface area contributed by atoms with E-state index in [0.717, 1.165) is 16.5 Å². The molecule has 6 heteroatoms. The Labute approximate surface area is 155 Å². The van der Waals surface area contributed by atoms with Gasteiger partial charge in [-0.3, -0.25) is 4.79 Å². The number of esters is 1. The Hall–Kier alpha value is -2.34. The van der Waals surface area contributed by atoms with Gasteiger partial charge < -0.3 is 14.8 Å². The summed E-state index contributed by atoms with van der Waals surface area (Å²) in [6.45, 7) is 4.24. The SMILES string of the molecule is CCCOc1ccc(C(=O)OCC(=O)Nc2ccc(C)cc2Br)cc1. The number of ether oxygens (including phenoxy) is 2. The maximum Gasteiger partial charge on any atom is 0.338 e. The van der Waals surface area contributed by atoms with Crippen molar-refractivity contribution in [3.63, 3.8) is 0 Å². The largest absolute Gasteiger partial charge is 0.494 e. The van der Waals surface area contributed by atoms with Crippen LogP contribution in [0.3, 0.4) is 0 Å². The number of halogens is 1. The van der Waals surface area contributed by atoms with Crippen molar-refractivity contribution in [2.45, 2.75) is 20.3 Å². The van der Waals surface area contributed by atoms with Crippen molar-refractivity contribution in [1.29, 1.82) is 0 Å². The quantitative estimate of drug-likeness (QED) is 0.695. The van der Waals surface area contributed by atoms with Gasteiger partial charge in [0.2, 0.25) is 0 Å². The molecule has 0 spiro atoms. The zero-order chi connectivity index (χ0) is 18.2. The molecule has 0 atom stereocenters. The van der Waals surface area contributed by atoms with Gasteiger partial charge in [-0.1, -0.05) is 13.0 Å². The van der Waals surface area contributed by atoms with Crippen LogP contribution in [-0.2, 0) is 9.53 Å². The minimum absolute atomic E-state index is 0.354. The standard InChI is InChI=1S/C19H20BrNO4/c1-3-10-24-15-7-5-14(6-8-15)19(23)25-12-18(22)21-17-9-4-13(2)11-16(17)20/h4-9,11H,3,10,12H2,1-2H3,(H,21,22). The molecule has 0 bridgehead atoms. The highest BCUT2D eigenvalue weighted by Crippen LogP contribution is 2.23. The van der Waals surface area contributed by atoms with Gasteiger partial charge in [0, 0.05) is 4.47 Å². The van der Waals surface area contributed by atoms with Gasteiger partial charge in [0.25, 0.3) is 5.91 Å². The van der Waals surface area contributed by atoms with E-state index in [9.17, 15) is 9.59 Å². The summed E-state index contributed by atoms with van der Waals surface area (Å²) in [6, 6.07) is 12.2. The van der Waals surface area contributed by atoms with Crippen LogP contribution in [0.15, 0.2) is 46.9 Å². The summed E-state index contributed by atoms with van der Waals surface area (Å²) >= 11 is 3.38. The second-order valence-electron chi connectivity index (χ2n) is 5.48. The normalized spacial score (nSPS) is 10.2. The lowest BCUT2D eigenvalue weighted by Gasteiger charge is -2.09. The van der Waals surface area contributed by atoms with E-state index in [1.54, 1.807) is 30.3 Å². The van der Waals surface area contributed by atoms with E-state index >= 15 is 0 Å². The van der Waals surface area contributed by atoms with Gasteiger partial charge in [-0.2, -0.15) is 0 Å². The van der Waals surface area contributed by atoms with Gasteiger partial charge in [-0.15, -0.1) is 0 Å². The number of anilines is 1. The first-order chi connectivity index (χ1) is 12.0. The van der Waals surface area contributed by atoms with E-state index in [4.69, 9.17) is 9.47 Å². The minimum Gasteiger partial charge on any atom is -0.494 e. The molecule has 0 aliphatic carbocycles. The number of rotatable bonds is 7. The van der Waals surface area contributed by atoms with Crippen LogP contribution in [0.5, 0.6) is 5.75 Å². The van der Waals surface area contributed by atoms with Gasteiger partial charge in [0.15, 0.2) is 6.61 Å². The van der Waals surface area contributed by atoms with Crippen LogP contribution >= 0.6 is 15.9 Å². The number of carbonyl (C=O) groups excluding carboxylic acids is 2. The zero-order valence-electron chi connectivity index (χ0n) is 14.2. The van der Waals surface area contributed by atoms with E-state index in [1.165, 1.54) is 0 Å². The third-order valence-corrected chi connectivity index (χ3v) is 3.95. The molecule has 2 aromatic rings. The number of benzene rings is 2. The average molecular weight is 406 g/mol. The molecule has 25 heavy (non-hydrogen) atoms. The van der Waals surface area contributed by atoms with Gasteiger partial charge in [0.05, 0.1) is 17.9 Å². The third kappa shape index (κ3) is 5.90. The van der Waals surface area contributed by atoms with Crippen LogP contribution in [0, 0.1) is 6.92 Å². The summed E-state index contributed by atoms with van der Waals surface area (Å²) in [7, 11) is 0. The van der Waals surface area contributed by atoms with Gasteiger partial charge in [-0.05, 0) is 71.2 Å². The Morgan fingerprint density at radius 1 is 1.12 bits per heavy atom. The van der Waals surface area contributed by atoms with E-state index in [0.29, 0.717) is 23.6 Å². The van der Waals surface area contributed by atoms with Crippen molar-refractivity contribution >= 4 is 33.5 Å². The van der Waals surface area contributed by atoms with Crippen LogP contribution in [0.4, 0.5) is 5.69 Å². The van der Waals surface area contributed by atoms with Gasteiger partial charge >= 0.3 is 5.97 Å². The fourth-order valence-electron chi connectivity index (χ4n) is 2.03. The minimum atomic E-state index is -0.555. The Bertz CT molecular complexity index is 744. The van der Waals surface area contributed by atoms with E-state index in [2.05, 4.69) is 21.2 Å². The molecule has 132 valence electrons. The van der Waals surface area contributed by atoms with Crippen LogP contribution < -0.4 is 10.1 Å². The van der Waals surface area contributed by atoms with E-state index in [1.807, 2.05) is 26.0 Å². The topological polar surface area (TPSA) is 64.6 Å². The molecular weight excluding hydrogens is 386 g/mol. The fourth-order valence-corrected chi connectivity index (χ4v) is 2.62. The summed E-state index contributed by atoms with van der Waals surface area (Å²) in [4.78, 5) is 23.9. The molecule has 0 aliphatic rings. The predicted molar refractivity (Wildman–Crippen MR) is 100 cm³/mol. The van der Waals surface area contributed by atoms with Crippen molar-refractivity contribution in [3.05, 3.63) is 58.1 Å². The van der Waals surface area contributed by atoms with Crippen molar-refractivity contribution in [3.8, 4) is 5.75 Å². The maximum absolute atomic E-state index is 12.0. The first kappa shape index (κ1) is 19.0. The van der Waals surface area contributed by atoms with Gasteiger partial charge in [-0.25, -0.2) is 4.79 Å². The number of hydrogen-bond donors (Lipinski definition) is 1. The second-order valence-corrected chi connectivity index (χ2v) is 6.33. The van der Waals surface area contributed by atoms with Crippen LogP contribution in [-0.4, -0.2) is 25.1 Å². The summed E-state index contributed by atoms with van der Waals surface area (Å²) in [5.41, 5.74) is 2.07. The molecule has 2 rings (SSSR count). The van der Waals surface area contributed by atoms with Crippen LogP contribution in [0.2, 0.25) is 0 Å². The highest BCUT2D eigenvalue weighted by molar-refractivity contribution is 9.10. The molecule has 0 aromatic heterocycles. The molecule has 1 N–H and O–H groups in total. The molecule has 2 aromatic carbocycles. The van der Waals surface area contributed by atoms with Crippen LogP contribution in [0.1, 0.15) is 29.3 Å². The number of aryl methyl sites for hydroxylation is 1. The Morgan fingerprint density at radius 2 is 1.84 bits per heavy atom. The highest BCUT2D eigenvalue weighted by Gasteiger charge is 2.11. The Balaban J connectivity index is 1.85. The monoisotopic (exact) mass is 405 g/mol. The van der Waals surface area contributed by atoms with Crippen LogP contribution in [0.25, 0.3) is 0 Å². The number of hydrogen-bond acceptors (Lipinski definition) is 4. The Morgan fingerprint density at radius 3 is 2.48 bits per heavy atom. The molecule has 0 saturated carbocycles. The van der Waals surface area contributed by atoms with Gasteiger partial charge in [0.1, 0.15) is 5.75 Å². The van der Waals surface area contributed by atoms with Crippen molar-refractivity contribution in [2.75, 3.05) is 18.5 Å². The number of nitrogens with one attached hydrogen (secondary N) is 1. The van der Waals surface area contributed by atoms with E-state index in [-0.39, 0.29) is 6.61 Å². The first-order valence-corrected chi connectivity index (χ1v) is 8.75. The molecule has 0 saturated heterocycles. The molecule has 0 radical (unpaired) electrons. The lowest BCUT2D eigenvalue weighted by atomic mass is 10.2. The smallest absolute Gasteiger partial charge is 0.338 e. The van der Waals surface area contributed by atoms with Crippen molar-refractivity contribution < 1.29 is 19.1 Å². The molecule has 0 unspecified atom stereocenters. The summed E-state index contributed by atoms with van der Waals surface area (Å²) in [5.74, 6) is -0.263. The highest BCUT2D eigenvalue weighted by atomic mass is 79.9. The van der Waals surface area contributed by atoms with Crippen molar-refractivity contribution in [1.82, 2.24) is 0 Å². The molecule has 0 heterocycles. The molecule has 0 fully saturated rings.